The zero-order valence-electron chi connectivity index (χ0n) is 9.60. The lowest BCUT2D eigenvalue weighted by molar-refractivity contribution is -0.142. The summed E-state index contributed by atoms with van der Waals surface area (Å²) >= 11 is 5.88. The first kappa shape index (κ1) is 12.6. The predicted octanol–water partition coefficient (Wildman–Crippen LogP) is 1.43. The molecule has 1 heterocycles. The van der Waals surface area contributed by atoms with E-state index in [0.717, 1.165) is 4.90 Å². The maximum absolute atomic E-state index is 11.8. The molecule has 0 aliphatic carbocycles. The number of Topliss-reactive ketones (excluding diaryl/α,β-unsaturated/α-hetero) is 1. The van der Waals surface area contributed by atoms with Crippen molar-refractivity contribution in [3.05, 3.63) is 28.8 Å². The third-order valence-corrected chi connectivity index (χ3v) is 2.86. The maximum Gasteiger partial charge on any atom is 0.326 e. The molecule has 2 rings (SSSR count). The van der Waals surface area contributed by atoms with Crippen molar-refractivity contribution < 1.29 is 19.1 Å². The molecule has 1 amide bonds. The largest absolute Gasteiger partial charge is 0.465 e. The first-order chi connectivity index (χ1) is 8.56. The van der Waals surface area contributed by atoms with Crippen LogP contribution >= 0.6 is 11.6 Å². The minimum atomic E-state index is -0.758. The Kier molecular flexibility index (Phi) is 3.34. The van der Waals surface area contributed by atoms with Crippen LogP contribution in [0.1, 0.15) is 17.3 Å². The molecule has 94 valence electrons. The summed E-state index contributed by atoms with van der Waals surface area (Å²) in [5.74, 6) is -2.02. The molecule has 0 bridgehead atoms. The number of carbonyl (C=O) groups excluding carboxylic acids is 3. The van der Waals surface area contributed by atoms with E-state index in [2.05, 4.69) is 0 Å². The Bertz CT molecular complexity index is 541. The summed E-state index contributed by atoms with van der Waals surface area (Å²) in [5.41, 5.74) is 0.499. The van der Waals surface area contributed by atoms with Crippen molar-refractivity contribution in [2.45, 2.75) is 6.92 Å². The van der Waals surface area contributed by atoms with Crippen molar-refractivity contribution in [2.75, 3.05) is 18.1 Å². The maximum atomic E-state index is 11.8. The van der Waals surface area contributed by atoms with Gasteiger partial charge < -0.3 is 4.74 Å². The molecule has 18 heavy (non-hydrogen) atoms. The molecule has 1 aliphatic rings. The third-order valence-electron chi connectivity index (χ3n) is 2.54. The lowest BCUT2D eigenvalue weighted by Crippen LogP contribution is -2.35. The summed E-state index contributed by atoms with van der Waals surface area (Å²) in [6.07, 6.45) is 0. The molecule has 0 radical (unpaired) electrons. The van der Waals surface area contributed by atoms with Crippen LogP contribution in [-0.4, -0.2) is 30.8 Å². The first-order valence-corrected chi connectivity index (χ1v) is 5.74. The molecule has 0 atom stereocenters. The second-order valence-corrected chi connectivity index (χ2v) is 4.07. The average Bonchev–Trinajstić information content (AvgIpc) is 2.56. The minimum Gasteiger partial charge on any atom is -0.465 e. The number of carbonyl (C=O) groups is 3. The molecule has 1 aliphatic heterocycles. The number of esters is 1. The molecule has 5 nitrogen and oxygen atoms in total. The molecule has 0 N–H and O–H groups in total. The molecule has 0 fully saturated rings. The molecule has 0 spiro atoms. The lowest BCUT2D eigenvalue weighted by atomic mass is 10.1. The summed E-state index contributed by atoms with van der Waals surface area (Å²) in [6.45, 7) is 1.60. The lowest BCUT2D eigenvalue weighted by Gasteiger charge is -2.15. The molecule has 0 unspecified atom stereocenters. The van der Waals surface area contributed by atoms with Crippen molar-refractivity contribution in [1.29, 1.82) is 0 Å². The number of ketones is 1. The Morgan fingerprint density at radius 1 is 1.39 bits per heavy atom. The zero-order chi connectivity index (χ0) is 13.3. The Hall–Kier alpha value is -1.88. The van der Waals surface area contributed by atoms with E-state index in [-0.39, 0.29) is 23.7 Å². The van der Waals surface area contributed by atoms with Crippen LogP contribution in [0.3, 0.4) is 0 Å². The molecular weight excluding hydrogens is 258 g/mol. The summed E-state index contributed by atoms with van der Waals surface area (Å²) < 4.78 is 4.76. The number of nitrogens with zero attached hydrogens (tertiary/aromatic N) is 1. The minimum absolute atomic E-state index is 0.147. The molecule has 1 aromatic carbocycles. The van der Waals surface area contributed by atoms with E-state index < -0.39 is 17.7 Å². The van der Waals surface area contributed by atoms with Gasteiger partial charge in [-0.05, 0) is 19.1 Å². The van der Waals surface area contributed by atoms with Gasteiger partial charge in [0.1, 0.15) is 6.54 Å². The van der Waals surface area contributed by atoms with Crippen LogP contribution in [-0.2, 0) is 14.3 Å². The molecule has 1 aromatic rings. The first-order valence-electron chi connectivity index (χ1n) is 5.36. The topological polar surface area (TPSA) is 63.7 Å². The number of anilines is 1. The number of hydrogen-bond acceptors (Lipinski definition) is 4. The van der Waals surface area contributed by atoms with Crippen LogP contribution in [0, 0.1) is 0 Å². The van der Waals surface area contributed by atoms with Gasteiger partial charge in [0.05, 0.1) is 22.9 Å². The summed E-state index contributed by atoms with van der Waals surface area (Å²) in [6, 6.07) is 4.72. The van der Waals surface area contributed by atoms with Crippen molar-refractivity contribution >= 4 is 34.9 Å². The zero-order valence-corrected chi connectivity index (χ0v) is 10.4. The fraction of sp³-hybridized carbons (Fsp3) is 0.250. The highest BCUT2D eigenvalue weighted by molar-refractivity contribution is 6.55. The van der Waals surface area contributed by atoms with Crippen molar-refractivity contribution in [2.24, 2.45) is 0 Å². The predicted molar refractivity (Wildman–Crippen MR) is 64.8 cm³/mol. The second kappa shape index (κ2) is 4.78. The van der Waals surface area contributed by atoms with Gasteiger partial charge in [-0.2, -0.15) is 0 Å². The SMILES string of the molecule is CCOC(=O)CN1C(=O)C(=O)c2c(Cl)cccc21. The number of benzene rings is 1. The fourth-order valence-corrected chi connectivity index (χ4v) is 2.05. The van der Waals surface area contributed by atoms with Gasteiger partial charge >= 0.3 is 5.97 Å². The van der Waals surface area contributed by atoms with E-state index in [4.69, 9.17) is 16.3 Å². The smallest absolute Gasteiger partial charge is 0.326 e. The van der Waals surface area contributed by atoms with Gasteiger partial charge in [-0.25, -0.2) is 0 Å². The van der Waals surface area contributed by atoms with Crippen LogP contribution in [0.25, 0.3) is 0 Å². The summed E-state index contributed by atoms with van der Waals surface area (Å²) in [5, 5.41) is 0.206. The molecular formula is C12H10ClNO4. The van der Waals surface area contributed by atoms with Gasteiger partial charge in [0.15, 0.2) is 0 Å². The van der Waals surface area contributed by atoms with E-state index in [0.29, 0.717) is 5.69 Å². The van der Waals surface area contributed by atoms with Gasteiger partial charge in [0.25, 0.3) is 11.7 Å². The highest BCUT2D eigenvalue weighted by Crippen LogP contribution is 2.33. The average molecular weight is 268 g/mol. The number of hydrogen-bond donors (Lipinski definition) is 0. The van der Waals surface area contributed by atoms with Crippen molar-refractivity contribution in [3.8, 4) is 0 Å². The van der Waals surface area contributed by atoms with Gasteiger partial charge in [0.2, 0.25) is 0 Å². The summed E-state index contributed by atoms with van der Waals surface area (Å²) in [4.78, 5) is 36.0. The van der Waals surface area contributed by atoms with E-state index in [1.165, 1.54) is 6.07 Å². The quantitative estimate of drug-likeness (QED) is 0.614. The number of ether oxygens (including phenoxy) is 1. The molecule has 0 aromatic heterocycles. The number of amides is 1. The standard InChI is InChI=1S/C12H10ClNO4/c1-2-18-9(15)6-14-8-5-3-4-7(13)10(8)11(16)12(14)17/h3-5H,2,6H2,1H3. The third kappa shape index (κ3) is 1.97. The monoisotopic (exact) mass is 267 g/mol. The second-order valence-electron chi connectivity index (χ2n) is 3.66. The van der Waals surface area contributed by atoms with Gasteiger partial charge in [-0.15, -0.1) is 0 Å². The number of halogens is 1. The Morgan fingerprint density at radius 2 is 2.11 bits per heavy atom. The van der Waals surface area contributed by atoms with Gasteiger partial charge in [0, 0.05) is 0 Å². The van der Waals surface area contributed by atoms with E-state index in [1.54, 1.807) is 19.1 Å². The molecule has 0 saturated carbocycles. The van der Waals surface area contributed by atoms with Crippen LogP contribution in [0.4, 0.5) is 5.69 Å². The highest BCUT2D eigenvalue weighted by atomic mass is 35.5. The Labute approximate surface area is 108 Å². The summed E-state index contributed by atoms with van der Waals surface area (Å²) in [7, 11) is 0. The van der Waals surface area contributed by atoms with Crippen LogP contribution in [0.5, 0.6) is 0 Å². The van der Waals surface area contributed by atoms with Crippen molar-refractivity contribution in [1.82, 2.24) is 0 Å². The Morgan fingerprint density at radius 3 is 2.78 bits per heavy atom. The number of fused-ring (bicyclic) bond motifs is 1. The Balaban J connectivity index is 2.35. The normalized spacial score (nSPS) is 13.8. The molecule has 6 heteroatoms. The van der Waals surface area contributed by atoms with E-state index in [1.807, 2.05) is 0 Å². The van der Waals surface area contributed by atoms with E-state index >= 15 is 0 Å². The van der Waals surface area contributed by atoms with Crippen LogP contribution in [0.2, 0.25) is 5.02 Å². The van der Waals surface area contributed by atoms with Crippen LogP contribution < -0.4 is 4.90 Å². The fourth-order valence-electron chi connectivity index (χ4n) is 1.79. The van der Waals surface area contributed by atoms with Crippen LogP contribution in [0.15, 0.2) is 18.2 Å². The number of rotatable bonds is 3. The highest BCUT2D eigenvalue weighted by Gasteiger charge is 2.38. The van der Waals surface area contributed by atoms with Crippen molar-refractivity contribution in [3.63, 3.8) is 0 Å². The van der Waals surface area contributed by atoms with E-state index in [9.17, 15) is 14.4 Å². The van der Waals surface area contributed by atoms with Gasteiger partial charge in [-0.3, -0.25) is 19.3 Å². The molecule has 0 saturated heterocycles. The van der Waals surface area contributed by atoms with Gasteiger partial charge in [-0.1, -0.05) is 17.7 Å².